The number of anilines is 1. The predicted molar refractivity (Wildman–Crippen MR) is 99.8 cm³/mol. The van der Waals surface area contributed by atoms with Crippen LogP contribution in [0.1, 0.15) is 23.0 Å². The third-order valence-electron chi connectivity index (χ3n) is 4.11. The quantitative estimate of drug-likeness (QED) is 0.751. The Morgan fingerprint density at radius 2 is 1.76 bits per heavy atom. The van der Waals surface area contributed by atoms with Crippen LogP contribution in [0.15, 0.2) is 54.6 Å². The minimum atomic E-state index is -0.133. The SMILES string of the molecule is CC(=O)Nc1ccc(C(=O)NCCn2c(C)cc3ccccc32)cc1. The summed E-state index contributed by atoms with van der Waals surface area (Å²) in [7, 11) is 0. The Balaban J connectivity index is 1.60. The molecule has 0 unspecified atom stereocenters. The fourth-order valence-corrected chi connectivity index (χ4v) is 2.94. The van der Waals surface area contributed by atoms with E-state index >= 15 is 0 Å². The van der Waals surface area contributed by atoms with Crippen LogP contribution in [0.2, 0.25) is 0 Å². The van der Waals surface area contributed by atoms with Crippen molar-refractivity contribution in [2.75, 3.05) is 11.9 Å². The number of hydrogen-bond donors (Lipinski definition) is 2. The first-order valence-electron chi connectivity index (χ1n) is 8.25. The van der Waals surface area contributed by atoms with Crippen molar-refractivity contribution in [3.05, 3.63) is 65.9 Å². The molecule has 3 rings (SSSR count). The van der Waals surface area contributed by atoms with Crippen molar-refractivity contribution in [1.29, 1.82) is 0 Å². The highest BCUT2D eigenvalue weighted by Crippen LogP contribution is 2.18. The van der Waals surface area contributed by atoms with Gasteiger partial charge in [-0.3, -0.25) is 9.59 Å². The molecule has 0 bridgehead atoms. The second kappa shape index (κ2) is 7.21. The average Bonchev–Trinajstić information content (AvgIpc) is 2.90. The van der Waals surface area contributed by atoms with Crippen LogP contribution in [0.25, 0.3) is 10.9 Å². The largest absolute Gasteiger partial charge is 0.350 e. The van der Waals surface area contributed by atoms with Gasteiger partial charge in [0.2, 0.25) is 5.91 Å². The lowest BCUT2D eigenvalue weighted by Crippen LogP contribution is -2.27. The molecule has 0 aliphatic carbocycles. The highest BCUT2D eigenvalue weighted by Gasteiger charge is 2.07. The predicted octanol–water partition coefficient (Wildman–Crippen LogP) is 3.34. The van der Waals surface area contributed by atoms with E-state index in [1.807, 2.05) is 12.1 Å². The summed E-state index contributed by atoms with van der Waals surface area (Å²) in [5.74, 6) is -0.255. The maximum Gasteiger partial charge on any atom is 0.251 e. The molecule has 5 heteroatoms. The number of hydrogen-bond acceptors (Lipinski definition) is 2. The van der Waals surface area contributed by atoms with Crippen LogP contribution in [0.4, 0.5) is 5.69 Å². The summed E-state index contributed by atoms with van der Waals surface area (Å²) in [6.07, 6.45) is 0. The van der Waals surface area contributed by atoms with Gasteiger partial charge in [0.05, 0.1) is 0 Å². The number of carbonyl (C=O) groups excluding carboxylic acids is 2. The molecule has 0 saturated heterocycles. The summed E-state index contributed by atoms with van der Waals surface area (Å²) in [5, 5.41) is 6.83. The Bertz CT molecular complexity index is 910. The molecule has 2 N–H and O–H groups in total. The van der Waals surface area contributed by atoms with Gasteiger partial charge in [-0.05, 0) is 48.7 Å². The molecule has 0 saturated carbocycles. The zero-order valence-corrected chi connectivity index (χ0v) is 14.4. The monoisotopic (exact) mass is 335 g/mol. The smallest absolute Gasteiger partial charge is 0.251 e. The molecule has 3 aromatic rings. The van der Waals surface area contributed by atoms with Crippen molar-refractivity contribution in [2.24, 2.45) is 0 Å². The van der Waals surface area contributed by atoms with E-state index in [4.69, 9.17) is 0 Å². The van der Waals surface area contributed by atoms with Gasteiger partial charge in [-0.15, -0.1) is 0 Å². The normalized spacial score (nSPS) is 10.6. The van der Waals surface area contributed by atoms with Crippen LogP contribution >= 0.6 is 0 Å². The van der Waals surface area contributed by atoms with Gasteiger partial charge in [0.25, 0.3) is 5.91 Å². The van der Waals surface area contributed by atoms with Crippen LogP contribution < -0.4 is 10.6 Å². The van der Waals surface area contributed by atoms with Gasteiger partial charge in [0, 0.05) is 42.5 Å². The lowest BCUT2D eigenvalue weighted by atomic mass is 10.2. The number of amides is 2. The molecule has 25 heavy (non-hydrogen) atoms. The minimum absolute atomic E-state index is 0.122. The minimum Gasteiger partial charge on any atom is -0.350 e. The van der Waals surface area contributed by atoms with Crippen LogP contribution in [0.5, 0.6) is 0 Å². The van der Waals surface area contributed by atoms with Crippen molar-refractivity contribution in [3.63, 3.8) is 0 Å². The number of nitrogens with one attached hydrogen (secondary N) is 2. The van der Waals surface area contributed by atoms with Gasteiger partial charge in [0.1, 0.15) is 0 Å². The number of fused-ring (bicyclic) bond motifs is 1. The molecule has 0 spiro atoms. The van der Waals surface area contributed by atoms with E-state index in [0.717, 1.165) is 6.54 Å². The summed E-state index contributed by atoms with van der Waals surface area (Å²) in [5.41, 5.74) is 3.60. The zero-order chi connectivity index (χ0) is 17.8. The first kappa shape index (κ1) is 16.8. The van der Waals surface area contributed by atoms with E-state index in [-0.39, 0.29) is 11.8 Å². The molecule has 0 radical (unpaired) electrons. The van der Waals surface area contributed by atoms with Crippen LogP contribution in [0, 0.1) is 6.92 Å². The van der Waals surface area contributed by atoms with E-state index in [0.29, 0.717) is 17.8 Å². The van der Waals surface area contributed by atoms with E-state index in [2.05, 4.69) is 40.3 Å². The number of para-hydroxylation sites is 1. The van der Waals surface area contributed by atoms with Crippen molar-refractivity contribution in [3.8, 4) is 0 Å². The molecular weight excluding hydrogens is 314 g/mol. The Kier molecular flexibility index (Phi) is 4.84. The summed E-state index contributed by atoms with van der Waals surface area (Å²) >= 11 is 0. The number of carbonyl (C=O) groups is 2. The summed E-state index contributed by atoms with van der Waals surface area (Å²) in [6, 6.07) is 17.2. The highest BCUT2D eigenvalue weighted by atomic mass is 16.2. The lowest BCUT2D eigenvalue weighted by molar-refractivity contribution is -0.114. The van der Waals surface area contributed by atoms with Gasteiger partial charge in [-0.2, -0.15) is 0 Å². The number of aryl methyl sites for hydroxylation is 1. The average molecular weight is 335 g/mol. The van der Waals surface area contributed by atoms with Gasteiger partial charge < -0.3 is 15.2 Å². The first-order valence-corrected chi connectivity index (χ1v) is 8.25. The second-order valence-corrected chi connectivity index (χ2v) is 6.01. The molecule has 5 nitrogen and oxygen atoms in total. The summed E-state index contributed by atoms with van der Waals surface area (Å²) in [4.78, 5) is 23.3. The number of aromatic nitrogens is 1. The summed E-state index contributed by atoms with van der Waals surface area (Å²) in [6.45, 7) is 4.79. The number of nitrogens with zero attached hydrogens (tertiary/aromatic N) is 1. The summed E-state index contributed by atoms with van der Waals surface area (Å²) < 4.78 is 2.20. The molecule has 128 valence electrons. The van der Waals surface area contributed by atoms with Gasteiger partial charge in [-0.1, -0.05) is 18.2 Å². The van der Waals surface area contributed by atoms with Gasteiger partial charge in [-0.25, -0.2) is 0 Å². The zero-order valence-electron chi connectivity index (χ0n) is 14.4. The van der Waals surface area contributed by atoms with E-state index in [1.54, 1.807) is 24.3 Å². The Hall–Kier alpha value is -3.08. The van der Waals surface area contributed by atoms with E-state index in [9.17, 15) is 9.59 Å². The fourth-order valence-electron chi connectivity index (χ4n) is 2.94. The van der Waals surface area contributed by atoms with Gasteiger partial charge >= 0.3 is 0 Å². The van der Waals surface area contributed by atoms with Crippen LogP contribution in [-0.2, 0) is 11.3 Å². The topological polar surface area (TPSA) is 63.1 Å². The van der Waals surface area contributed by atoms with Crippen molar-refractivity contribution in [1.82, 2.24) is 9.88 Å². The van der Waals surface area contributed by atoms with Crippen molar-refractivity contribution >= 4 is 28.4 Å². The fraction of sp³-hybridized carbons (Fsp3) is 0.200. The van der Waals surface area contributed by atoms with Crippen molar-refractivity contribution in [2.45, 2.75) is 20.4 Å². The lowest BCUT2D eigenvalue weighted by Gasteiger charge is -2.10. The number of rotatable bonds is 5. The molecule has 0 aliphatic heterocycles. The highest BCUT2D eigenvalue weighted by molar-refractivity contribution is 5.95. The van der Waals surface area contributed by atoms with Crippen LogP contribution in [0.3, 0.4) is 0 Å². The van der Waals surface area contributed by atoms with E-state index < -0.39 is 0 Å². The number of benzene rings is 2. The molecule has 2 aromatic carbocycles. The maximum atomic E-state index is 12.2. The molecule has 0 fully saturated rings. The Labute approximate surface area is 146 Å². The Morgan fingerprint density at radius 3 is 2.48 bits per heavy atom. The molecule has 2 amide bonds. The molecular formula is C20H21N3O2. The molecule has 0 aliphatic rings. The first-order chi connectivity index (χ1) is 12.0. The maximum absolute atomic E-state index is 12.2. The molecule has 1 heterocycles. The van der Waals surface area contributed by atoms with Crippen LogP contribution in [-0.4, -0.2) is 22.9 Å². The molecule has 0 atom stereocenters. The third-order valence-corrected chi connectivity index (χ3v) is 4.11. The van der Waals surface area contributed by atoms with Gasteiger partial charge in [0.15, 0.2) is 0 Å². The third kappa shape index (κ3) is 3.88. The standard InChI is InChI=1S/C20H21N3O2/c1-14-13-17-5-3-4-6-19(17)23(14)12-11-21-20(25)16-7-9-18(10-8-16)22-15(2)24/h3-10,13H,11-12H2,1-2H3,(H,21,25)(H,22,24). The van der Waals surface area contributed by atoms with Crippen molar-refractivity contribution < 1.29 is 9.59 Å². The second-order valence-electron chi connectivity index (χ2n) is 6.01. The molecule has 1 aromatic heterocycles. The van der Waals surface area contributed by atoms with E-state index in [1.165, 1.54) is 23.5 Å². The Morgan fingerprint density at radius 1 is 1.04 bits per heavy atom.